The van der Waals surface area contributed by atoms with Crippen LogP contribution in [0.3, 0.4) is 0 Å². The standard InChI is InChI=1S/C9H12N2O2/c1-2-5-11-6-8(10-7-12)3-4-9(11)13/h3-4,6-7H,2,5H2,1H3,(H,10,12). The summed E-state index contributed by atoms with van der Waals surface area (Å²) in [6.07, 6.45) is 3.13. The molecule has 70 valence electrons. The summed E-state index contributed by atoms with van der Waals surface area (Å²) in [7, 11) is 0. The molecule has 0 saturated carbocycles. The minimum atomic E-state index is -0.0432. The van der Waals surface area contributed by atoms with Gasteiger partial charge in [0, 0.05) is 18.8 Å². The quantitative estimate of drug-likeness (QED) is 0.697. The van der Waals surface area contributed by atoms with Crippen molar-refractivity contribution in [2.45, 2.75) is 19.9 Å². The number of nitrogens with one attached hydrogen (secondary N) is 1. The third-order valence-corrected chi connectivity index (χ3v) is 1.67. The molecule has 0 fully saturated rings. The average molecular weight is 180 g/mol. The molecule has 0 aromatic carbocycles. The van der Waals surface area contributed by atoms with E-state index >= 15 is 0 Å². The number of anilines is 1. The zero-order valence-electron chi connectivity index (χ0n) is 7.49. The molecule has 0 saturated heterocycles. The molecule has 1 heterocycles. The molecule has 0 atom stereocenters. The minimum Gasteiger partial charge on any atom is -0.327 e. The maximum atomic E-state index is 11.2. The Morgan fingerprint density at radius 2 is 2.31 bits per heavy atom. The molecule has 1 aromatic heterocycles. The normalized spacial score (nSPS) is 9.62. The van der Waals surface area contributed by atoms with Gasteiger partial charge in [-0.25, -0.2) is 0 Å². The van der Waals surface area contributed by atoms with Crippen LogP contribution in [0.1, 0.15) is 13.3 Å². The largest absolute Gasteiger partial charge is 0.327 e. The van der Waals surface area contributed by atoms with Gasteiger partial charge < -0.3 is 9.88 Å². The van der Waals surface area contributed by atoms with Gasteiger partial charge in [-0.15, -0.1) is 0 Å². The molecule has 0 radical (unpaired) electrons. The Balaban J connectivity index is 2.96. The number of aryl methyl sites for hydroxylation is 1. The summed E-state index contributed by atoms with van der Waals surface area (Å²) in [4.78, 5) is 21.3. The number of rotatable bonds is 4. The number of carbonyl (C=O) groups excluding carboxylic acids is 1. The van der Waals surface area contributed by atoms with Crippen LogP contribution in [0.15, 0.2) is 23.1 Å². The summed E-state index contributed by atoms with van der Waals surface area (Å²) in [5.41, 5.74) is 0.598. The van der Waals surface area contributed by atoms with Gasteiger partial charge in [0.15, 0.2) is 0 Å². The van der Waals surface area contributed by atoms with E-state index in [4.69, 9.17) is 0 Å². The summed E-state index contributed by atoms with van der Waals surface area (Å²) >= 11 is 0. The van der Waals surface area contributed by atoms with Crippen LogP contribution in [-0.4, -0.2) is 11.0 Å². The Bertz CT molecular complexity index is 344. The van der Waals surface area contributed by atoms with E-state index in [0.717, 1.165) is 6.42 Å². The summed E-state index contributed by atoms with van der Waals surface area (Å²) in [5, 5.41) is 2.49. The first-order valence-corrected chi connectivity index (χ1v) is 4.18. The fourth-order valence-electron chi connectivity index (χ4n) is 1.10. The number of nitrogens with zero attached hydrogens (tertiary/aromatic N) is 1. The molecule has 1 rings (SSSR count). The van der Waals surface area contributed by atoms with Gasteiger partial charge in [-0.3, -0.25) is 9.59 Å². The van der Waals surface area contributed by atoms with Crippen LogP contribution in [0.25, 0.3) is 0 Å². The highest BCUT2D eigenvalue weighted by molar-refractivity contribution is 5.70. The SMILES string of the molecule is CCCn1cc(NC=O)ccc1=O. The number of carbonyl (C=O) groups is 1. The summed E-state index contributed by atoms with van der Waals surface area (Å²) in [6.45, 7) is 2.67. The minimum absolute atomic E-state index is 0.0432. The van der Waals surface area contributed by atoms with Gasteiger partial charge in [-0.05, 0) is 12.5 Å². The van der Waals surface area contributed by atoms with Crippen LogP contribution in [0, 0.1) is 0 Å². The molecule has 1 aromatic rings. The van der Waals surface area contributed by atoms with Crippen molar-refractivity contribution in [1.82, 2.24) is 4.57 Å². The van der Waals surface area contributed by atoms with Crippen molar-refractivity contribution in [3.8, 4) is 0 Å². The highest BCUT2D eigenvalue weighted by Gasteiger charge is 1.95. The van der Waals surface area contributed by atoms with E-state index < -0.39 is 0 Å². The predicted octanol–water partition coefficient (Wildman–Crippen LogP) is 0.827. The van der Waals surface area contributed by atoms with Gasteiger partial charge in [-0.1, -0.05) is 6.92 Å². The Hall–Kier alpha value is -1.58. The van der Waals surface area contributed by atoms with Crippen LogP contribution in [-0.2, 0) is 11.3 Å². The molecule has 1 amide bonds. The van der Waals surface area contributed by atoms with Crippen molar-refractivity contribution >= 4 is 12.1 Å². The fraction of sp³-hybridized carbons (Fsp3) is 0.333. The predicted molar refractivity (Wildman–Crippen MR) is 50.7 cm³/mol. The zero-order valence-corrected chi connectivity index (χ0v) is 7.49. The monoisotopic (exact) mass is 180 g/mol. The van der Waals surface area contributed by atoms with Crippen molar-refractivity contribution < 1.29 is 4.79 Å². The molecule has 0 aliphatic heterocycles. The number of hydrogen-bond acceptors (Lipinski definition) is 2. The molecule has 0 bridgehead atoms. The van der Waals surface area contributed by atoms with E-state index in [0.29, 0.717) is 18.6 Å². The second kappa shape index (κ2) is 4.45. The summed E-state index contributed by atoms with van der Waals surface area (Å²) < 4.78 is 1.58. The number of amides is 1. The molecule has 13 heavy (non-hydrogen) atoms. The average Bonchev–Trinajstić information content (AvgIpc) is 2.12. The molecule has 4 heteroatoms. The van der Waals surface area contributed by atoms with E-state index in [1.54, 1.807) is 16.8 Å². The summed E-state index contributed by atoms with van der Waals surface area (Å²) in [5.74, 6) is 0. The van der Waals surface area contributed by atoms with Gasteiger partial charge in [0.2, 0.25) is 6.41 Å². The third kappa shape index (κ3) is 2.43. The van der Waals surface area contributed by atoms with Crippen LogP contribution in [0.4, 0.5) is 5.69 Å². The van der Waals surface area contributed by atoms with Crippen LogP contribution < -0.4 is 10.9 Å². The lowest BCUT2D eigenvalue weighted by Crippen LogP contribution is -2.18. The second-order valence-corrected chi connectivity index (χ2v) is 2.71. The Morgan fingerprint density at radius 1 is 1.54 bits per heavy atom. The molecule has 1 N–H and O–H groups in total. The lowest BCUT2D eigenvalue weighted by molar-refractivity contribution is -0.105. The first kappa shape index (κ1) is 9.51. The molecule has 0 aliphatic carbocycles. The van der Waals surface area contributed by atoms with Gasteiger partial charge in [0.1, 0.15) is 0 Å². The van der Waals surface area contributed by atoms with Crippen molar-refractivity contribution in [3.05, 3.63) is 28.7 Å². The van der Waals surface area contributed by atoms with Gasteiger partial charge in [0.05, 0.1) is 5.69 Å². The first-order valence-electron chi connectivity index (χ1n) is 4.18. The lowest BCUT2D eigenvalue weighted by Gasteiger charge is -2.05. The van der Waals surface area contributed by atoms with E-state index in [9.17, 15) is 9.59 Å². The molecule has 0 unspecified atom stereocenters. The molecule has 4 nitrogen and oxygen atoms in total. The highest BCUT2D eigenvalue weighted by Crippen LogP contribution is 2.01. The van der Waals surface area contributed by atoms with Crippen LogP contribution in [0.5, 0.6) is 0 Å². The van der Waals surface area contributed by atoms with Crippen molar-refractivity contribution in [1.29, 1.82) is 0 Å². The Labute approximate surface area is 76.2 Å². The maximum Gasteiger partial charge on any atom is 0.250 e. The fourth-order valence-corrected chi connectivity index (χ4v) is 1.10. The van der Waals surface area contributed by atoms with E-state index in [1.165, 1.54) is 6.07 Å². The van der Waals surface area contributed by atoms with Crippen molar-refractivity contribution in [2.75, 3.05) is 5.32 Å². The Kier molecular flexibility index (Phi) is 3.25. The van der Waals surface area contributed by atoms with E-state index in [2.05, 4.69) is 5.32 Å². The molecular weight excluding hydrogens is 168 g/mol. The molecular formula is C9H12N2O2. The molecule has 0 spiro atoms. The number of aromatic nitrogens is 1. The van der Waals surface area contributed by atoms with Crippen molar-refractivity contribution in [3.63, 3.8) is 0 Å². The topological polar surface area (TPSA) is 51.1 Å². The van der Waals surface area contributed by atoms with Gasteiger partial charge >= 0.3 is 0 Å². The summed E-state index contributed by atoms with van der Waals surface area (Å²) in [6, 6.07) is 3.03. The highest BCUT2D eigenvalue weighted by atomic mass is 16.1. The zero-order chi connectivity index (χ0) is 9.68. The van der Waals surface area contributed by atoms with Gasteiger partial charge in [0.25, 0.3) is 5.56 Å². The third-order valence-electron chi connectivity index (χ3n) is 1.67. The first-order chi connectivity index (χ1) is 6.27. The molecule has 0 aliphatic rings. The lowest BCUT2D eigenvalue weighted by atomic mass is 10.4. The van der Waals surface area contributed by atoms with E-state index in [-0.39, 0.29) is 5.56 Å². The number of pyridine rings is 1. The van der Waals surface area contributed by atoms with Crippen molar-refractivity contribution in [2.24, 2.45) is 0 Å². The van der Waals surface area contributed by atoms with E-state index in [1.807, 2.05) is 6.92 Å². The smallest absolute Gasteiger partial charge is 0.250 e. The maximum absolute atomic E-state index is 11.2. The van der Waals surface area contributed by atoms with Crippen LogP contribution in [0.2, 0.25) is 0 Å². The Morgan fingerprint density at radius 3 is 2.92 bits per heavy atom. The second-order valence-electron chi connectivity index (χ2n) is 2.71. The van der Waals surface area contributed by atoms with Crippen LogP contribution >= 0.6 is 0 Å². The van der Waals surface area contributed by atoms with Gasteiger partial charge in [-0.2, -0.15) is 0 Å². The number of hydrogen-bond donors (Lipinski definition) is 1.